The van der Waals surface area contributed by atoms with Crippen LogP contribution in [-0.4, -0.2) is 14.5 Å². The topological polar surface area (TPSA) is 30.7 Å². The molecule has 3 heterocycles. The van der Waals surface area contributed by atoms with Crippen LogP contribution in [-0.2, 0) is 5.41 Å². The van der Waals surface area contributed by atoms with Crippen molar-refractivity contribution in [3.8, 4) is 28.2 Å². The molecular weight excluding hydrogens is 571 g/mol. The summed E-state index contributed by atoms with van der Waals surface area (Å²) in [6.07, 6.45) is 0. The monoisotopic (exact) mass is 605 g/mol. The van der Waals surface area contributed by atoms with Crippen LogP contribution in [0.4, 0.5) is 0 Å². The lowest BCUT2D eigenvalue weighted by Crippen LogP contribution is -2.10. The van der Waals surface area contributed by atoms with E-state index in [0.29, 0.717) is 0 Å². The number of rotatable bonds is 3. The maximum Gasteiger partial charge on any atom is 0.0838 e. The van der Waals surface area contributed by atoms with E-state index in [-0.39, 0.29) is 5.41 Å². The fourth-order valence-corrected chi connectivity index (χ4v) is 7.36. The molecule has 0 spiro atoms. The molecule has 3 nitrogen and oxygen atoms in total. The Kier molecular flexibility index (Phi) is 5.89. The van der Waals surface area contributed by atoms with Gasteiger partial charge in [0.2, 0.25) is 0 Å². The Balaban J connectivity index is 1.48. The number of hydrogen-bond acceptors (Lipinski definition) is 2. The van der Waals surface area contributed by atoms with Crippen LogP contribution in [0.1, 0.15) is 37.5 Å². The molecule has 0 saturated carbocycles. The third kappa shape index (κ3) is 4.19. The third-order valence-electron chi connectivity index (χ3n) is 9.84. The minimum atomic E-state index is 0.0793. The number of benzene rings is 6. The van der Waals surface area contributed by atoms with Gasteiger partial charge in [-0.25, -0.2) is 9.97 Å². The molecule has 0 unspecified atom stereocenters. The van der Waals surface area contributed by atoms with E-state index in [9.17, 15) is 0 Å². The molecule has 0 aliphatic carbocycles. The van der Waals surface area contributed by atoms with Gasteiger partial charge in [-0.15, -0.1) is 0 Å². The third-order valence-corrected chi connectivity index (χ3v) is 9.84. The molecule has 0 N–H and O–H groups in total. The summed E-state index contributed by atoms with van der Waals surface area (Å²) in [5.74, 6) is 0. The Labute approximate surface area is 274 Å². The first-order valence-electron chi connectivity index (χ1n) is 16.4. The summed E-state index contributed by atoms with van der Waals surface area (Å²) in [6.45, 7) is 11.1. The van der Waals surface area contributed by atoms with Gasteiger partial charge < -0.3 is 4.57 Å². The van der Waals surface area contributed by atoms with Gasteiger partial charge in [0.05, 0.1) is 33.5 Å². The normalized spacial score (nSPS) is 12.4. The minimum absolute atomic E-state index is 0.0793. The summed E-state index contributed by atoms with van der Waals surface area (Å²) in [4.78, 5) is 11.1. The first-order valence-corrected chi connectivity index (χ1v) is 16.4. The number of fused-ring (bicyclic) bond motifs is 4. The average Bonchev–Trinajstić information content (AvgIpc) is 3.41. The summed E-state index contributed by atoms with van der Waals surface area (Å²) < 4.78 is 2.39. The highest BCUT2D eigenvalue weighted by molar-refractivity contribution is 6.33. The van der Waals surface area contributed by atoms with Crippen molar-refractivity contribution < 1.29 is 0 Å². The standard InChI is InChI=1S/C44H35N3/c1-26-13-17-28(18-14-26)41-33-10-8-11-34-38(33)40-35(45-41)25-37-39(43(40)46-42(34)29-19-15-27(2)16-20-29)32-9-6-7-12-36(32)47(37)31-23-21-30(22-24-31)44(3,4)5/h6-25H,1-5H3. The molecule has 6 aromatic carbocycles. The fraction of sp³-hybridized carbons (Fsp3) is 0.136. The second kappa shape index (κ2) is 9.98. The molecule has 0 aliphatic heterocycles. The van der Waals surface area contributed by atoms with Gasteiger partial charge in [0.25, 0.3) is 0 Å². The molecular formula is C44H35N3. The largest absolute Gasteiger partial charge is 0.309 e. The maximum absolute atomic E-state index is 5.60. The van der Waals surface area contributed by atoms with E-state index in [1.165, 1.54) is 38.4 Å². The molecule has 47 heavy (non-hydrogen) atoms. The molecule has 0 aliphatic rings. The Morgan fingerprint density at radius 1 is 0.511 bits per heavy atom. The lowest BCUT2D eigenvalue weighted by molar-refractivity contribution is 0.590. The smallest absolute Gasteiger partial charge is 0.0838 e. The Hall–Kier alpha value is -5.54. The molecule has 0 bridgehead atoms. The van der Waals surface area contributed by atoms with Crippen LogP contribution in [0, 0.1) is 13.8 Å². The van der Waals surface area contributed by atoms with Gasteiger partial charge >= 0.3 is 0 Å². The molecule has 0 amide bonds. The van der Waals surface area contributed by atoms with Crippen LogP contribution in [0.15, 0.2) is 121 Å². The Morgan fingerprint density at radius 2 is 1.09 bits per heavy atom. The predicted molar refractivity (Wildman–Crippen MR) is 199 cm³/mol. The average molecular weight is 606 g/mol. The van der Waals surface area contributed by atoms with Gasteiger partial charge in [0.15, 0.2) is 0 Å². The second-order valence-corrected chi connectivity index (χ2v) is 14.0. The summed E-state index contributed by atoms with van der Waals surface area (Å²) in [7, 11) is 0. The minimum Gasteiger partial charge on any atom is -0.309 e. The maximum atomic E-state index is 5.60. The quantitative estimate of drug-likeness (QED) is 0.188. The van der Waals surface area contributed by atoms with E-state index in [1.54, 1.807) is 0 Å². The van der Waals surface area contributed by atoms with Gasteiger partial charge in [-0.3, -0.25) is 0 Å². The van der Waals surface area contributed by atoms with E-state index < -0.39 is 0 Å². The zero-order valence-corrected chi connectivity index (χ0v) is 27.4. The Morgan fingerprint density at radius 3 is 1.70 bits per heavy atom. The van der Waals surface area contributed by atoms with Crippen molar-refractivity contribution in [1.29, 1.82) is 0 Å². The SMILES string of the molecule is Cc1ccc(-c2nc3cc4c(c5ccccc5n4-c4ccc(C(C)(C)C)cc4)c4nc(-c5ccc(C)cc5)c5cccc2c5c34)cc1. The van der Waals surface area contributed by atoms with Gasteiger partial charge in [-0.2, -0.15) is 0 Å². The first-order chi connectivity index (χ1) is 22.8. The highest BCUT2D eigenvalue weighted by Crippen LogP contribution is 2.46. The predicted octanol–water partition coefficient (Wildman–Crippen LogP) is 11.7. The highest BCUT2D eigenvalue weighted by atomic mass is 15.0. The molecule has 0 radical (unpaired) electrons. The van der Waals surface area contributed by atoms with Crippen molar-refractivity contribution in [3.05, 3.63) is 138 Å². The number of hydrogen-bond donors (Lipinski definition) is 0. The second-order valence-electron chi connectivity index (χ2n) is 14.0. The van der Waals surface area contributed by atoms with Gasteiger partial charge in [-0.1, -0.05) is 129 Å². The number of para-hydroxylation sites is 1. The zero-order chi connectivity index (χ0) is 32.0. The lowest BCUT2D eigenvalue weighted by Gasteiger charge is -2.20. The number of pyridine rings is 2. The Bertz CT molecular complexity index is 2620. The van der Waals surface area contributed by atoms with Crippen molar-refractivity contribution in [2.75, 3.05) is 0 Å². The number of aromatic nitrogens is 3. The van der Waals surface area contributed by atoms with Crippen molar-refractivity contribution in [2.45, 2.75) is 40.0 Å². The number of nitrogens with zero attached hydrogens (tertiary/aromatic N) is 3. The molecule has 9 rings (SSSR count). The molecule has 0 fully saturated rings. The highest BCUT2D eigenvalue weighted by Gasteiger charge is 2.24. The van der Waals surface area contributed by atoms with Crippen molar-refractivity contribution in [2.24, 2.45) is 0 Å². The van der Waals surface area contributed by atoms with E-state index in [4.69, 9.17) is 9.97 Å². The lowest BCUT2D eigenvalue weighted by atomic mass is 9.87. The van der Waals surface area contributed by atoms with Crippen LogP contribution < -0.4 is 0 Å². The van der Waals surface area contributed by atoms with E-state index in [1.807, 2.05) is 0 Å². The summed E-state index contributed by atoms with van der Waals surface area (Å²) in [5.41, 5.74) is 13.5. The van der Waals surface area contributed by atoms with E-state index in [2.05, 4.69) is 161 Å². The summed E-state index contributed by atoms with van der Waals surface area (Å²) in [6, 6.07) is 44.2. The summed E-state index contributed by atoms with van der Waals surface area (Å²) in [5, 5.41) is 7.02. The van der Waals surface area contributed by atoms with Gasteiger partial charge in [-0.05, 0) is 49.1 Å². The van der Waals surface area contributed by atoms with Crippen LogP contribution in [0.3, 0.4) is 0 Å². The molecule has 9 aromatic rings. The van der Waals surface area contributed by atoms with Crippen LogP contribution >= 0.6 is 0 Å². The summed E-state index contributed by atoms with van der Waals surface area (Å²) >= 11 is 0. The first kappa shape index (κ1) is 27.7. The molecule has 226 valence electrons. The van der Waals surface area contributed by atoms with Crippen LogP contribution in [0.5, 0.6) is 0 Å². The zero-order valence-electron chi connectivity index (χ0n) is 27.4. The van der Waals surface area contributed by atoms with Crippen LogP contribution in [0.25, 0.3) is 82.6 Å². The molecule has 0 saturated heterocycles. The van der Waals surface area contributed by atoms with Crippen molar-refractivity contribution in [1.82, 2.24) is 14.5 Å². The van der Waals surface area contributed by atoms with E-state index >= 15 is 0 Å². The van der Waals surface area contributed by atoms with Crippen LogP contribution in [0.2, 0.25) is 0 Å². The fourth-order valence-electron chi connectivity index (χ4n) is 7.36. The molecule has 0 atom stereocenters. The van der Waals surface area contributed by atoms with Gasteiger partial charge in [0, 0.05) is 49.1 Å². The molecule has 3 heteroatoms. The number of aryl methyl sites for hydroxylation is 2. The molecule has 3 aromatic heterocycles. The van der Waals surface area contributed by atoms with E-state index in [0.717, 1.165) is 60.9 Å². The van der Waals surface area contributed by atoms with Gasteiger partial charge in [0.1, 0.15) is 0 Å². The van der Waals surface area contributed by atoms with Crippen molar-refractivity contribution >= 4 is 54.4 Å². The van der Waals surface area contributed by atoms with Crippen molar-refractivity contribution in [3.63, 3.8) is 0 Å².